The number of methoxy groups -OCH3 is 1. The number of hydrogen-bond acceptors (Lipinski definition) is 6. The Morgan fingerprint density at radius 3 is 2.57 bits per heavy atom. The number of rotatable bonds is 8. The van der Waals surface area contributed by atoms with E-state index in [-0.39, 0.29) is 11.8 Å². The lowest BCUT2D eigenvalue weighted by Crippen LogP contribution is -2.50. The summed E-state index contributed by atoms with van der Waals surface area (Å²) in [5.74, 6) is 0.266. The van der Waals surface area contributed by atoms with Crippen LogP contribution in [0, 0.1) is 12.8 Å². The first-order valence-corrected chi connectivity index (χ1v) is 12.0. The van der Waals surface area contributed by atoms with Crippen LogP contribution in [0.2, 0.25) is 0 Å². The van der Waals surface area contributed by atoms with Gasteiger partial charge >= 0.3 is 5.97 Å². The highest BCUT2D eigenvalue weighted by Gasteiger charge is 2.48. The zero-order valence-electron chi connectivity index (χ0n) is 20.8. The van der Waals surface area contributed by atoms with Crippen LogP contribution in [0.15, 0.2) is 54.6 Å². The van der Waals surface area contributed by atoms with Gasteiger partial charge in [0.25, 0.3) is 0 Å². The normalized spacial score (nSPS) is 18.8. The summed E-state index contributed by atoms with van der Waals surface area (Å²) in [7, 11) is 1.35. The molecule has 2 aromatic carbocycles. The number of carbonyl (C=O) groups excluding carboxylic acids is 2. The monoisotopic (exact) mass is 475 g/mol. The van der Waals surface area contributed by atoms with Crippen LogP contribution in [-0.2, 0) is 26.5 Å². The smallest absolute Gasteiger partial charge is 0.328 e. The highest BCUT2D eigenvalue weighted by molar-refractivity contribution is 5.93. The van der Waals surface area contributed by atoms with E-state index in [1.165, 1.54) is 7.11 Å². The van der Waals surface area contributed by atoms with E-state index in [1.54, 1.807) is 4.90 Å². The van der Waals surface area contributed by atoms with Crippen LogP contribution >= 0.6 is 0 Å². The number of benzene rings is 2. The first kappa shape index (κ1) is 24.7. The van der Waals surface area contributed by atoms with E-state index in [1.807, 2.05) is 75.4 Å². The van der Waals surface area contributed by atoms with Crippen molar-refractivity contribution < 1.29 is 19.1 Å². The lowest BCUT2D eigenvalue weighted by atomic mass is 9.89. The molecule has 35 heavy (non-hydrogen) atoms. The quantitative estimate of drug-likeness (QED) is 0.493. The molecule has 0 spiro atoms. The average molecular weight is 476 g/mol. The number of hydrogen-bond donors (Lipinski definition) is 1. The molecule has 1 fully saturated rings. The molecule has 184 valence electrons. The summed E-state index contributed by atoms with van der Waals surface area (Å²) in [6.07, 6.45) is 0.963. The molecule has 3 aromatic rings. The molecule has 0 unspecified atom stereocenters. The standard InChI is InChI=1S/C28H33N3O4/c1-18(2)15-25(26(32)34-4)31-14-13-28(29,27(31)33)21-9-11-22(12-10-21)35-17-20-16-19(3)30-24-8-6-5-7-23(20)24/h5-12,16,18,25H,13-15,17,29H2,1-4H3/t25-,28-/m1/s1. The van der Waals surface area contributed by atoms with Crippen LogP contribution in [0.5, 0.6) is 5.75 Å². The van der Waals surface area contributed by atoms with Gasteiger partial charge in [-0.1, -0.05) is 44.2 Å². The Morgan fingerprint density at radius 2 is 1.89 bits per heavy atom. The molecule has 0 aliphatic carbocycles. The zero-order chi connectivity index (χ0) is 25.2. The number of fused-ring (bicyclic) bond motifs is 1. The van der Waals surface area contributed by atoms with E-state index in [4.69, 9.17) is 15.2 Å². The molecule has 0 radical (unpaired) electrons. The number of amides is 1. The number of nitrogens with two attached hydrogens (primary N) is 1. The van der Waals surface area contributed by atoms with Gasteiger partial charge in [0.05, 0.1) is 12.6 Å². The number of aromatic nitrogens is 1. The van der Waals surface area contributed by atoms with Gasteiger partial charge in [-0.05, 0) is 55.5 Å². The Bertz CT molecular complexity index is 1220. The lowest BCUT2D eigenvalue weighted by molar-refractivity contribution is -0.153. The van der Waals surface area contributed by atoms with Gasteiger partial charge in [0.2, 0.25) is 5.91 Å². The minimum atomic E-state index is -1.18. The van der Waals surface area contributed by atoms with Crippen molar-refractivity contribution in [2.24, 2.45) is 11.7 Å². The van der Waals surface area contributed by atoms with E-state index in [2.05, 4.69) is 4.98 Å². The molecule has 1 aliphatic rings. The maximum Gasteiger partial charge on any atom is 0.328 e. The largest absolute Gasteiger partial charge is 0.489 e. The highest BCUT2D eigenvalue weighted by Crippen LogP contribution is 2.34. The number of aryl methyl sites for hydroxylation is 1. The molecule has 2 heterocycles. The van der Waals surface area contributed by atoms with Crippen molar-refractivity contribution in [3.05, 3.63) is 71.4 Å². The molecule has 2 N–H and O–H groups in total. The number of esters is 1. The van der Waals surface area contributed by atoms with Crippen molar-refractivity contribution in [3.8, 4) is 5.75 Å². The summed E-state index contributed by atoms with van der Waals surface area (Å²) in [5, 5.41) is 1.06. The van der Waals surface area contributed by atoms with E-state index < -0.39 is 17.6 Å². The number of carbonyl (C=O) groups is 2. The van der Waals surface area contributed by atoms with Crippen LogP contribution in [-0.4, -0.2) is 41.5 Å². The molecule has 1 amide bonds. The molecular formula is C28H33N3O4. The third kappa shape index (κ3) is 5.00. The first-order chi connectivity index (χ1) is 16.7. The Kier molecular flexibility index (Phi) is 7.08. The lowest BCUT2D eigenvalue weighted by Gasteiger charge is -2.29. The molecule has 4 rings (SSSR count). The molecule has 0 bridgehead atoms. The molecule has 1 saturated heterocycles. The predicted molar refractivity (Wildman–Crippen MR) is 135 cm³/mol. The van der Waals surface area contributed by atoms with Crippen molar-refractivity contribution in [1.82, 2.24) is 9.88 Å². The number of nitrogens with zero attached hydrogens (tertiary/aromatic N) is 2. The van der Waals surface area contributed by atoms with E-state index in [0.29, 0.717) is 37.3 Å². The second kappa shape index (κ2) is 10.0. The molecule has 7 heteroatoms. The van der Waals surface area contributed by atoms with E-state index >= 15 is 0 Å². The van der Waals surface area contributed by atoms with Gasteiger partial charge in [0, 0.05) is 23.2 Å². The fourth-order valence-corrected chi connectivity index (χ4v) is 4.78. The fraction of sp³-hybridized carbons (Fsp3) is 0.393. The van der Waals surface area contributed by atoms with Crippen molar-refractivity contribution in [1.29, 1.82) is 0 Å². The van der Waals surface area contributed by atoms with Crippen molar-refractivity contribution in [2.45, 2.75) is 51.8 Å². The SMILES string of the molecule is COC(=O)[C@@H](CC(C)C)N1CC[C@@](N)(c2ccc(OCc3cc(C)nc4ccccc34)cc2)C1=O. The number of ether oxygens (including phenoxy) is 2. The third-order valence-corrected chi connectivity index (χ3v) is 6.63. The number of pyridine rings is 1. The van der Waals surface area contributed by atoms with Gasteiger partial charge in [-0.25, -0.2) is 4.79 Å². The first-order valence-electron chi connectivity index (χ1n) is 12.0. The van der Waals surface area contributed by atoms with Crippen molar-refractivity contribution in [2.75, 3.05) is 13.7 Å². The molecule has 1 aromatic heterocycles. The van der Waals surface area contributed by atoms with Crippen LogP contribution < -0.4 is 10.5 Å². The summed E-state index contributed by atoms with van der Waals surface area (Å²) in [5.41, 5.74) is 9.10. The average Bonchev–Trinajstić information content (AvgIpc) is 3.15. The maximum atomic E-state index is 13.4. The Balaban J connectivity index is 1.49. The maximum absolute atomic E-state index is 13.4. The van der Waals surface area contributed by atoms with E-state index in [0.717, 1.165) is 22.2 Å². The molecule has 1 aliphatic heterocycles. The predicted octanol–water partition coefficient (Wildman–Crippen LogP) is 4.10. The van der Waals surface area contributed by atoms with Gasteiger partial charge in [0.15, 0.2) is 0 Å². The summed E-state index contributed by atoms with van der Waals surface area (Å²) in [6.45, 7) is 6.81. The van der Waals surface area contributed by atoms with Crippen molar-refractivity contribution in [3.63, 3.8) is 0 Å². The number of para-hydroxylation sites is 1. The minimum Gasteiger partial charge on any atom is -0.489 e. The van der Waals surface area contributed by atoms with Crippen LogP contribution in [0.4, 0.5) is 0 Å². The van der Waals surface area contributed by atoms with Gasteiger partial charge in [-0.2, -0.15) is 0 Å². The van der Waals surface area contributed by atoms with Gasteiger partial charge in [-0.3, -0.25) is 9.78 Å². The van der Waals surface area contributed by atoms with E-state index in [9.17, 15) is 9.59 Å². The minimum absolute atomic E-state index is 0.234. The third-order valence-electron chi connectivity index (χ3n) is 6.63. The highest BCUT2D eigenvalue weighted by atomic mass is 16.5. The second-order valence-corrected chi connectivity index (χ2v) is 9.64. The Morgan fingerprint density at radius 1 is 1.17 bits per heavy atom. The van der Waals surface area contributed by atoms with Crippen LogP contribution in [0.1, 0.15) is 43.5 Å². The summed E-state index contributed by atoms with van der Waals surface area (Å²) < 4.78 is 11.0. The Labute approximate surface area is 206 Å². The number of likely N-dealkylation sites (tertiary alicyclic amines) is 1. The van der Waals surface area contributed by atoms with Gasteiger partial charge in [0.1, 0.15) is 23.9 Å². The molecule has 7 nitrogen and oxygen atoms in total. The molecule has 2 atom stereocenters. The summed E-state index contributed by atoms with van der Waals surface area (Å²) in [6, 6.07) is 16.8. The van der Waals surface area contributed by atoms with Gasteiger partial charge in [-0.15, -0.1) is 0 Å². The van der Waals surface area contributed by atoms with Crippen molar-refractivity contribution >= 4 is 22.8 Å². The van der Waals surface area contributed by atoms with Gasteiger partial charge < -0.3 is 20.1 Å². The summed E-state index contributed by atoms with van der Waals surface area (Å²) in [4.78, 5) is 31.9. The zero-order valence-corrected chi connectivity index (χ0v) is 20.8. The molecular weight excluding hydrogens is 442 g/mol. The fourth-order valence-electron chi connectivity index (χ4n) is 4.78. The second-order valence-electron chi connectivity index (χ2n) is 9.64. The van der Waals surface area contributed by atoms with Crippen LogP contribution in [0.3, 0.4) is 0 Å². The van der Waals surface area contributed by atoms with Crippen LogP contribution in [0.25, 0.3) is 10.9 Å². The Hall–Kier alpha value is -3.45. The molecule has 0 saturated carbocycles. The summed E-state index contributed by atoms with van der Waals surface area (Å²) >= 11 is 0. The topological polar surface area (TPSA) is 94.8 Å².